The molecule has 2 aromatic rings. The second kappa shape index (κ2) is 7.31. The average Bonchev–Trinajstić information content (AvgIpc) is 2.45. The molecule has 0 saturated carbocycles. The molecule has 0 amide bonds. The van der Waals surface area contributed by atoms with Crippen molar-refractivity contribution in [3.05, 3.63) is 59.9 Å². The van der Waals surface area contributed by atoms with Crippen molar-refractivity contribution in [3.8, 4) is 0 Å². The maximum absolute atomic E-state index is 4.03. The molecule has 0 atom stereocenters. The van der Waals surface area contributed by atoms with E-state index in [1.54, 1.807) is 0 Å². The van der Waals surface area contributed by atoms with Gasteiger partial charge in [-0.3, -0.25) is 4.98 Å². The van der Waals surface area contributed by atoms with Crippen LogP contribution in [0.25, 0.3) is 0 Å². The molecule has 3 heteroatoms. The lowest BCUT2D eigenvalue weighted by Crippen LogP contribution is -2.21. The number of aromatic nitrogens is 1. The van der Waals surface area contributed by atoms with Gasteiger partial charge in [0.15, 0.2) is 0 Å². The van der Waals surface area contributed by atoms with E-state index in [0.717, 1.165) is 12.3 Å². The van der Waals surface area contributed by atoms with Crippen LogP contribution in [0.4, 0.5) is 0 Å². The first-order valence-electron chi connectivity index (χ1n) is 6.58. The molecule has 2 rings (SSSR count). The Kier molecular flexibility index (Phi) is 5.43. The number of hydrogen-bond donors (Lipinski definition) is 1. The van der Waals surface area contributed by atoms with Crippen LogP contribution < -0.4 is 5.32 Å². The summed E-state index contributed by atoms with van der Waals surface area (Å²) in [6.07, 6.45) is 3.69. The maximum Gasteiger partial charge on any atom is 0.0270 e. The van der Waals surface area contributed by atoms with Crippen molar-refractivity contribution in [3.63, 3.8) is 0 Å². The Morgan fingerprint density at radius 2 is 1.68 bits per heavy atom. The minimum atomic E-state index is 0.528. The maximum atomic E-state index is 4.03. The lowest BCUT2D eigenvalue weighted by Gasteiger charge is -2.08. The molecule has 1 aromatic heterocycles. The van der Waals surface area contributed by atoms with E-state index in [0.29, 0.717) is 6.04 Å². The highest BCUT2D eigenvalue weighted by atomic mass is 32.2. The van der Waals surface area contributed by atoms with Gasteiger partial charge in [-0.25, -0.2) is 0 Å². The van der Waals surface area contributed by atoms with E-state index < -0.39 is 0 Å². The number of pyridine rings is 1. The van der Waals surface area contributed by atoms with Gasteiger partial charge in [0.25, 0.3) is 0 Å². The Hall–Kier alpha value is -1.32. The zero-order valence-corrected chi connectivity index (χ0v) is 12.3. The number of nitrogens with zero attached hydrogens (tertiary/aromatic N) is 1. The summed E-state index contributed by atoms with van der Waals surface area (Å²) in [5.41, 5.74) is 2.65. The molecular weight excluding hydrogens is 252 g/mol. The second-order valence-corrected chi connectivity index (χ2v) is 5.87. The van der Waals surface area contributed by atoms with Crippen LogP contribution in [-0.2, 0) is 12.3 Å². The molecule has 0 aliphatic carbocycles. The quantitative estimate of drug-likeness (QED) is 0.808. The molecular formula is C16H20N2S. The molecule has 0 aliphatic heterocycles. The Balaban J connectivity index is 1.85. The summed E-state index contributed by atoms with van der Waals surface area (Å²) >= 11 is 1.86. The van der Waals surface area contributed by atoms with Crippen LogP contribution in [0.5, 0.6) is 0 Å². The first-order chi connectivity index (χ1) is 9.24. The number of rotatable bonds is 6. The van der Waals surface area contributed by atoms with E-state index in [2.05, 4.69) is 60.5 Å². The minimum absolute atomic E-state index is 0.528. The van der Waals surface area contributed by atoms with Crippen LogP contribution in [0.15, 0.2) is 53.7 Å². The normalized spacial score (nSPS) is 10.9. The topological polar surface area (TPSA) is 24.9 Å². The van der Waals surface area contributed by atoms with Crippen LogP contribution in [0.2, 0.25) is 0 Å². The van der Waals surface area contributed by atoms with Crippen molar-refractivity contribution >= 4 is 11.8 Å². The first kappa shape index (κ1) is 14.1. The molecule has 0 bridgehead atoms. The summed E-state index contributed by atoms with van der Waals surface area (Å²) in [4.78, 5) is 5.34. The summed E-state index contributed by atoms with van der Waals surface area (Å²) in [7, 11) is 0. The fraction of sp³-hybridized carbons (Fsp3) is 0.312. The monoisotopic (exact) mass is 272 g/mol. The van der Waals surface area contributed by atoms with Crippen molar-refractivity contribution in [2.24, 2.45) is 0 Å². The van der Waals surface area contributed by atoms with Crippen LogP contribution in [0, 0.1) is 0 Å². The molecule has 0 saturated heterocycles. The zero-order chi connectivity index (χ0) is 13.5. The molecule has 0 aliphatic rings. The summed E-state index contributed by atoms with van der Waals surface area (Å²) < 4.78 is 0. The van der Waals surface area contributed by atoms with Crippen LogP contribution in [-0.4, -0.2) is 11.0 Å². The SMILES string of the molecule is CC(C)NCc1ccc(SCc2ccncc2)cc1. The van der Waals surface area contributed by atoms with Gasteiger partial charge in [-0.1, -0.05) is 26.0 Å². The molecule has 0 unspecified atom stereocenters. The predicted molar refractivity (Wildman–Crippen MR) is 82.2 cm³/mol. The predicted octanol–water partition coefficient (Wildman–Crippen LogP) is 3.87. The highest BCUT2D eigenvalue weighted by molar-refractivity contribution is 7.98. The highest BCUT2D eigenvalue weighted by Gasteiger charge is 1.98. The Morgan fingerprint density at radius 1 is 1.00 bits per heavy atom. The molecule has 100 valence electrons. The lowest BCUT2D eigenvalue weighted by atomic mass is 10.2. The number of hydrogen-bond acceptors (Lipinski definition) is 3. The number of benzene rings is 1. The molecule has 2 nitrogen and oxygen atoms in total. The van der Waals surface area contributed by atoms with Crippen LogP contribution >= 0.6 is 11.8 Å². The van der Waals surface area contributed by atoms with Crippen LogP contribution in [0.1, 0.15) is 25.0 Å². The van der Waals surface area contributed by atoms with Crippen molar-refractivity contribution < 1.29 is 0 Å². The summed E-state index contributed by atoms with van der Waals surface area (Å²) in [6.45, 7) is 5.27. The standard InChI is InChI=1S/C16H20N2S/c1-13(2)18-11-14-3-5-16(6-4-14)19-12-15-7-9-17-10-8-15/h3-10,13,18H,11-12H2,1-2H3. The summed E-state index contributed by atoms with van der Waals surface area (Å²) in [5, 5.41) is 3.43. The van der Waals surface area contributed by atoms with Gasteiger partial charge in [-0.2, -0.15) is 0 Å². The number of thioether (sulfide) groups is 1. The average molecular weight is 272 g/mol. The molecule has 0 fully saturated rings. The fourth-order valence-corrected chi connectivity index (χ4v) is 2.53. The molecule has 19 heavy (non-hydrogen) atoms. The molecule has 1 heterocycles. The van der Waals surface area contributed by atoms with E-state index in [4.69, 9.17) is 0 Å². The van der Waals surface area contributed by atoms with E-state index in [1.807, 2.05) is 24.2 Å². The third kappa shape index (κ3) is 5.05. The fourth-order valence-electron chi connectivity index (χ4n) is 1.67. The van der Waals surface area contributed by atoms with Crippen molar-refractivity contribution in [2.75, 3.05) is 0 Å². The molecule has 0 spiro atoms. The highest BCUT2D eigenvalue weighted by Crippen LogP contribution is 2.22. The lowest BCUT2D eigenvalue weighted by molar-refractivity contribution is 0.588. The van der Waals surface area contributed by atoms with Crippen molar-refractivity contribution in [1.29, 1.82) is 0 Å². The Morgan fingerprint density at radius 3 is 2.32 bits per heavy atom. The third-order valence-corrected chi connectivity index (χ3v) is 3.88. The molecule has 1 aromatic carbocycles. The van der Waals surface area contributed by atoms with E-state index in [1.165, 1.54) is 16.0 Å². The van der Waals surface area contributed by atoms with E-state index >= 15 is 0 Å². The van der Waals surface area contributed by atoms with Gasteiger partial charge < -0.3 is 5.32 Å². The minimum Gasteiger partial charge on any atom is -0.310 e. The smallest absolute Gasteiger partial charge is 0.0270 e. The van der Waals surface area contributed by atoms with Gasteiger partial charge in [0.1, 0.15) is 0 Å². The van der Waals surface area contributed by atoms with Gasteiger partial charge >= 0.3 is 0 Å². The largest absolute Gasteiger partial charge is 0.310 e. The van der Waals surface area contributed by atoms with Gasteiger partial charge in [0.2, 0.25) is 0 Å². The molecule has 1 N–H and O–H groups in total. The van der Waals surface area contributed by atoms with Gasteiger partial charge in [-0.05, 0) is 35.4 Å². The van der Waals surface area contributed by atoms with E-state index in [9.17, 15) is 0 Å². The van der Waals surface area contributed by atoms with Gasteiger partial charge in [0, 0.05) is 35.6 Å². The zero-order valence-electron chi connectivity index (χ0n) is 11.5. The Labute approximate surface area is 119 Å². The first-order valence-corrected chi connectivity index (χ1v) is 7.56. The van der Waals surface area contributed by atoms with Gasteiger partial charge in [0.05, 0.1) is 0 Å². The second-order valence-electron chi connectivity index (χ2n) is 4.82. The number of nitrogens with one attached hydrogen (secondary N) is 1. The van der Waals surface area contributed by atoms with Crippen molar-refractivity contribution in [2.45, 2.75) is 37.1 Å². The summed E-state index contributed by atoms with van der Waals surface area (Å²) in [5.74, 6) is 0.992. The third-order valence-electron chi connectivity index (χ3n) is 2.79. The Bertz CT molecular complexity index is 480. The molecule has 0 radical (unpaired) electrons. The summed E-state index contributed by atoms with van der Waals surface area (Å²) in [6, 6.07) is 13.4. The van der Waals surface area contributed by atoms with E-state index in [-0.39, 0.29) is 0 Å². The van der Waals surface area contributed by atoms with Crippen LogP contribution in [0.3, 0.4) is 0 Å². The van der Waals surface area contributed by atoms with Crippen molar-refractivity contribution in [1.82, 2.24) is 10.3 Å². The van der Waals surface area contributed by atoms with Gasteiger partial charge in [-0.15, -0.1) is 11.8 Å².